The number of nitrogens with one attached hydrogen (secondary N) is 1. The van der Waals surface area contributed by atoms with Crippen molar-refractivity contribution in [2.75, 3.05) is 6.54 Å². The maximum absolute atomic E-state index is 10.2. The molecule has 15 heavy (non-hydrogen) atoms. The minimum atomic E-state index is -2.53. The van der Waals surface area contributed by atoms with Gasteiger partial charge < -0.3 is 29.7 Å². The fourth-order valence-corrected chi connectivity index (χ4v) is 1.55. The molecule has 9 heteroatoms. The first-order chi connectivity index (χ1) is 6.93. The van der Waals surface area contributed by atoms with Crippen LogP contribution >= 0.6 is 0 Å². The lowest BCUT2D eigenvalue weighted by Crippen LogP contribution is -2.59. The van der Waals surface area contributed by atoms with Crippen LogP contribution in [-0.2, 0) is 16.0 Å². The van der Waals surface area contributed by atoms with Gasteiger partial charge in [0.2, 0.25) is 0 Å². The highest BCUT2D eigenvalue weighted by Crippen LogP contribution is 2.19. The Balaban J connectivity index is 2.54. The second-order valence-corrected chi connectivity index (χ2v) is 3.88. The molecule has 0 aromatic carbocycles. The van der Waals surface area contributed by atoms with E-state index < -0.39 is 42.0 Å². The Morgan fingerprint density at radius 3 is 2.33 bits per heavy atom. The molecule has 0 aliphatic carbocycles. The molecule has 1 fully saturated rings. The summed E-state index contributed by atoms with van der Waals surface area (Å²) in [5.41, 5.74) is 0. The molecule has 0 aromatic heterocycles. The van der Waals surface area contributed by atoms with Gasteiger partial charge in [0.15, 0.2) is 6.29 Å². The van der Waals surface area contributed by atoms with Crippen molar-refractivity contribution in [2.24, 2.45) is 0 Å². The molecule has 2 unspecified atom stereocenters. The highest BCUT2D eigenvalue weighted by Gasteiger charge is 2.42. The quantitative estimate of drug-likeness (QED) is 0.319. The first-order valence-corrected chi connectivity index (χ1v) is 5.21. The van der Waals surface area contributed by atoms with Crippen molar-refractivity contribution in [1.82, 2.24) is 4.72 Å². The standard InChI is InChI=1S/C6H13NO7S/c8-3-2(1-7-15(12)13)14-6(11)5(10)4(3)9/h2-11H,1H2,(H,12,13)/p-1/t2-,3-,4+,5+,6?/m1/s1. The van der Waals surface area contributed by atoms with Crippen LogP contribution in [0.4, 0.5) is 0 Å². The second kappa shape index (κ2) is 5.27. The molecule has 0 radical (unpaired) electrons. The number of hydrogen-bond donors (Lipinski definition) is 5. The molecule has 1 aliphatic heterocycles. The van der Waals surface area contributed by atoms with E-state index in [9.17, 15) is 19.0 Å². The van der Waals surface area contributed by atoms with Crippen molar-refractivity contribution < 1.29 is 33.9 Å². The molecule has 1 saturated heterocycles. The van der Waals surface area contributed by atoms with Gasteiger partial charge in [-0.3, -0.25) is 4.21 Å². The molecule has 0 bridgehead atoms. The van der Waals surface area contributed by atoms with E-state index in [-0.39, 0.29) is 6.54 Å². The summed E-state index contributed by atoms with van der Waals surface area (Å²) in [5, 5.41) is 36.7. The Bertz CT molecular complexity index is 240. The fourth-order valence-electron chi connectivity index (χ4n) is 1.25. The van der Waals surface area contributed by atoms with Gasteiger partial charge in [-0.25, -0.2) is 4.72 Å². The highest BCUT2D eigenvalue weighted by atomic mass is 32.2. The third-order valence-corrected chi connectivity index (χ3v) is 2.49. The van der Waals surface area contributed by atoms with E-state index in [1.54, 1.807) is 0 Å². The zero-order valence-electron chi connectivity index (χ0n) is 7.52. The van der Waals surface area contributed by atoms with Gasteiger partial charge in [0.1, 0.15) is 24.4 Å². The van der Waals surface area contributed by atoms with Crippen LogP contribution in [0.1, 0.15) is 0 Å². The third-order valence-electron chi connectivity index (χ3n) is 2.09. The molecule has 0 spiro atoms. The van der Waals surface area contributed by atoms with E-state index in [1.807, 2.05) is 4.72 Å². The Morgan fingerprint density at radius 1 is 1.20 bits per heavy atom. The fraction of sp³-hybridized carbons (Fsp3) is 1.00. The summed E-state index contributed by atoms with van der Waals surface area (Å²) in [5.74, 6) is 0. The molecular weight excluding hydrogens is 230 g/mol. The van der Waals surface area contributed by atoms with Gasteiger partial charge >= 0.3 is 0 Å². The third kappa shape index (κ3) is 3.16. The summed E-state index contributed by atoms with van der Waals surface area (Å²) in [6.45, 7) is -0.307. The molecular formula is C6H12NO7S-. The zero-order valence-corrected chi connectivity index (χ0v) is 8.33. The van der Waals surface area contributed by atoms with E-state index in [0.29, 0.717) is 0 Å². The molecule has 90 valence electrons. The molecule has 0 aromatic rings. The van der Waals surface area contributed by atoms with Gasteiger partial charge in [-0.1, -0.05) is 0 Å². The van der Waals surface area contributed by atoms with E-state index in [2.05, 4.69) is 0 Å². The normalized spacial score (nSPS) is 43.9. The van der Waals surface area contributed by atoms with Crippen LogP contribution in [0.15, 0.2) is 0 Å². The molecule has 0 saturated carbocycles. The first-order valence-electron chi connectivity index (χ1n) is 4.14. The number of aliphatic hydroxyl groups excluding tert-OH is 4. The smallest absolute Gasteiger partial charge is 0.184 e. The average Bonchev–Trinajstić information content (AvgIpc) is 2.18. The predicted octanol–water partition coefficient (Wildman–Crippen LogP) is -3.83. The Kier molecular flexibility index (Phi) is 4.55. The number of aliphatic hydroxyl groups is 4. The minimum Gasteiger partial charge on any atom is -0.760 e. The summed E-state index contributed by atoms with van der Waals surface area (Å²) >= 11 is -2.53. The Hall–Kier alpha value is -0.130. The van der Waals surface area contributed by atoms with Crippen LogP contribution in [-0.4, -0.2) is 66.4 Å². The van der Waals surface area contributed by atoms with Crippen molar-refractivity contribution >= 4 is 11.3 Å². The van der Waals surface area contributed by atoms with Crippen LogP contribution in [0.5, 0.6) is 0 Å². The Labute approximate surface area is 87.9 Å². The first kappa shape index (κ1) is 12.9. The second-order valence-electron chi connectivity index (χ2n) is 3.12. The minimum absolute atomic E-state index is 0.307. The predicted molar refractivity (Wildman–Crippen MR) is 45.8 cm³/mol. The maximum Gasteiger partial charge on any atom is 0.184 e. The van der Waals surface area contributed by atoms with Gasteiger partial charge in [-0.05, 0) is 0 Å². The van der Waals surface area contributed by atoms with Crippen LogP contribution in [0.2, 0.25) is 0 Å². The molecule has 1 heterocycles. The van der Waals surface area contributed by atoms with Crippen LogP contribution < -0.4 is 4.72 Å². The van der Waals surface area contributed by atoms with Crippen LogP contribution in [0.3, 0.4) is 0 Å². The molecule has 1 rings (SSSR count). The molecule has 0 amide bonds. The van der Waals surface area contributed by atoms with Gasteiger partial charge in [0, 0.05) is 17.8 Å². The average molecular weight is 242 g/mol. The van der Waals surface area contributed by atoms with Crippen LogP contribution in [0, 0.1) is 0 Å². The maximum atomic E-state index is 10.2. The van der Waals surface area contributed by atoms with Crippen molar-refractivity contribution in [3.8, 4) is 0 Å². The van der Waals surface area contributed by atoms with E-state index in [1.165, 1.54) is 0 Å². The van der Waals surface area contributed by atoms with Crippen molar-refractivity contribution in [2.45, 2.75) is 30.7 Å². The van der Waals surface area contributed by atoms with Crippen molar-refractivity contribution in [1.29, 1.82) is 0 Å². The zero-order chi connectivity index (χ0) is 11.6. The lowest BCUT2D eigenvalue weighted by Gasteiger charge is -2.38. The summed E-state index contributed by atoms with van der Waals surface area (Å²) < 4.78 is 26.9. The van der Waals surface area contributed by atoms with Crippen molar-refractivity contribution in [3.05, 3.63) is 0 Å². The number of rotatable bonds is 3. The van der Waals surface area contributed by atoms with Gasteiger partial charge in [-0.15, -0.1) is 0 Å². The number of ether oxygens (including phenoxy) is 1. The summed E-state index contributed by atoms with van der Waals surface area (Å²) in [7, 11) is 0. The lowest BCUT2D eigenvalue weighted by molar-refractivity contribution is -0.279. The van der Waals surface area contributed by atoms with E-state index >= 15 is 0 Å². The highest BCUT2D eigenvalue weighted by molar-refractivity contribution is 7.77. The molecule has 1 aliphatic rings. The largest absolute Gasteiger partial charge is 0.760 e. The van der Waals surface area contributed by atoms with E-state index in [4.69, 9.17) is 14.9 Å². The van der Waals surface area contributed by atoms with E-state index in [0.717, 1.165) is 0 Å². The lowest BCUT2D eigenvalue weighted by atomic mass is 9.99. The Morgan fingerprint density at radius 2 is 1.80 bits per heavy atom. The number of hydrogen-bond acceptors (Lipinski definition) is 7. The SMILES string of the molecule is O=S([O-])NC[C@H]1OC(O)[C@@H](O)[C@@H](O)[C@@H]1O. The van der Waals surface area contributed by atoms with Crippen molar-refractivity contribution in [3.63, 3.8) is 0 Å². The molecule has 5 N–H and O–H groups in total. The summed E-state index contributed by atoms with van der Waals surface area (Å²) in [6, 6.07) is 0. The van der Waals surface area contributed by atoms with Gasteiger partial charge in [0.25, 0.3) is 0 Å². The topological polar surface area (TPSA) is 142 Å². The van der Waals surface area contributed by atoms with Gasteiger partial charge in [-0.2, -0.15) is 0 Å². The monoisotopic (exact) mass is 242 g/mol. The van der Waals surface area contributed by atoms with Crippen LogP contribution in [0.25, 0.3) is 0 Å². The molecule has 6 atom stereocenters. The molecule has 8 nitrogen and oxygen atoms in total. The summed E-state index contributed by atoms with van der Waals surface area (Å²) in [4.78, 5) is 0. The summed E-state index contributed by atoms with van der Waals surface area (Å²) in [6.07, 6.45) is -7.44. The van der Waals surface area contributed by atoms with Gasteiger partial charge in [0.05, 0.1) is 0 Å².